The van der Waals surface area contributed by atoms with Crippen LogP contribution in [0.25, 0.3) is 0 Å². The number of carbonyl (C=O) groups excluding carboxylic acids is 1. The Balaban J connectivity index is 1.49. The van der Waals surface area contributed by atoms with Crippen LogP contribution in [-0.2, 0) is 9.47 Å². The van der Waals surface area contributed by atoms with Gasteiger partial charge in [0.1, 0.15) is 5.69 Å². The number of ether oxygens (including phenoxy) is 2. The molecule has 148 valence electrons. The molecule has 1 amide bonds. The molecule has 1 spiro atoms. The van der Waals surface area contributed by atoms with E-state index in [0.717, 1.165) is 12.1 Å². The zero-order valence-corrected chi connectivity index (χ0v) is 15.4. The molecule has 7 nitrogen and oxygen atoms in total. The van der Waals surface area contributed by atoms with E-state index in [4.69, 9.17) is 9.47 Å². The van der Waals surface area contributed by atoms with Crippen molar-refractivity contribution in [1.29, 1.82) is 0 Å². The van der Waals surface area contributed by atoms with Crippen LogP contribution in [0, 0.1) is 18.6 Å². The van der Waals surface area contributed by atoms with Gasteiger partial charge in [0.15, 0.2) is 17.4 Å². The van der Waals surface area contributed by atoms with Crippen molar-refractivity contribution in [3.05, 3.63) is 47.3 Å². The van der Waals surface area contributed by atoms with Gasteiger partial charge in [-0.25, -0.2) is 18.7 Å². The van der Waals surface area contributed by atoms with Crippen molar-refractivity contribution in [3.63, 3.8) is 0 Å². The van der Waals surface area contributed by atoms with Gasteiger partial charge in [-0.2, -0.15) is 0 Å². The van der Waals surface area contributed by atoms with Gasteiger partial charge in [-0.15, -0.1) is 0 Å². The average molecular weight is 390 g/mol. The molecule has 2 aliphatic heterocycles. The van der Waals surface area contributed by atoms with Gasteiger partial charge in [-0.1, -0.05) is 0 Å². The SMILES string of the molecule is Cc1cc(C(=O)Nc2ccc(F)c(F)c2)nc(N2CCC3(CC2)OCCO3)n1. The fraction of sp³-hybridized carbons (Fsp3) is 0.421. The van der Waals surface area contributed by atoms with Crippen LogP contribution >= 0.6 is 0 Å². The maximum atomic E-state index is 13.3. The molecule has 3 heterocycles. The average Bonchev–Trinajstić information content (AvgIpc) is 3.13. The Labute approximate surface area is 160 Å². The van der Waals surface area contributed by atoms with Crippen molar-refractivity contribution in [1.82, 2.24) is 9.97 Å². The summed E-state index contributed by atoms with van der Waals surface area (Å²) in [6.45, 7) is 4.28. The molecule has 0 radical (unpaired) electrons. The fourth-order valence-corrected chi connectivity index (χ4v) is 3.41. The van der Waals surface area contributed by atoms with E-state index in [1.54, 1.807) is 13.0 Å². The fourth-order valence-electron chi connectivity index (χ4n) is 3.41. The second-order valence-corrected chi connectivity index (χ2v) is 6.87. The summed E-state index contributed by atoms with van der Waals surface area (Å²) >= 11 is 0. The summed E-state index contributed by atoms with van der Waals surface area (Å²) in [4.78, 5) is 23.3. The van der Waals surface area contributed by atoms with Gasteiger partial charge >= 0.3 is 0 Å². The highest BCUT2D eigenvalue weighted by Crippen LogP contribution is 2.32. The first-order valence-corrected chi connectivity index (χ1v) is 9.09. The van der Waals surface area contributed by atoms with Crippen LogP contribution in [0.2, 0.25) is 0 Å². The number of benzene rings is 1. The minimum Gasteiger partial charge on any atom is -0.347 e. The van der Waals surface area contributed by atoms with E-state index >= 15 is 0 Å². The van der Waals surface area contributed by atoms with Crippen LogP contribution < -0.4 is 10.2 Å². The molecular weight excluding hydrogens is 370 g/mol. The van der Waals surface area contributed by atoms with Gasteiger partial charge in [0, 0.05) is 43.4 Å². The van der Waals surface area contributed by atoms with Crippen LogP contribution in [0.3, 0.4) is 0 Å². The van der Waals surface area contributed by atoms with Gasteiger partial charge in [-0.05, 0) is 25.1 Å². The molecule has 1 aromatic carbocycles. The molecule has 28 heavy (non-hydrogen) atoms. The number of carbonyl (C=O) groups is 1. The molecule has 0 bridgehead atoms. The zero-order chi connectivity index (χ0) is 19.7. The van der Waals surface area contributed by atoms with E-state index in [-0.39, 0.29) is 11.4 Å². The topological polar surface area (TPSA) is 76.6 Å². The predicted molar refractivity (Wildman–Crippen MR) is 97.2 cm³/mol. The highest BCUT2D eigenvalue weighted by Gasteiger charge is 2.40. The molecule has 2 saturated heterocycles. The third-order valence-electron chi connectivity index (χ3n) is 4.87. The van der Waals surface area contributed by atoms with Gasteiger partial charge in [0.25, 0.3) is 5.91 Å². The molecule has 0 aliphatic carbocycles. The Morgan fingerprint density at radius 2 is 1.82 bits per heavy atom. The summed E-state index contributed by atoms with van der Waals surface area (Å²) < 4.78 is 37.8. The molecule has 2 aliphatic rings. The minimum atomic E-state index is -1.03. The van der Waals surface area contributed by atoms with E-state index in [1.807, 2.05) is 4.90 Å². The Bertz CT molecular complexity index is 893. The van der Waals surface area contributed by atoms with Crippen molar-refractivity contribution in [2.75, 3.05) is 36.5 Å². The molecule has 2 fully saturated rings. The smallest absolute Gasteiger partial charge is 0.274 e. The summed E-state index contributed by atoms with van der Waals surface area (Å²) in [5.74, 6) is -2.59. The first-order chi connectivity index (χ1) is 13.4. The Hall–Kier alpha value is -2.65. The summed E-state index contributed by atoms with van der Waals surface area (Å²) in [5, 5.41) is 2.53. The number of halogens is 2. The summed E-state index contributed by atoms with van der Waals surface area (Å²) in [7, 11) is 0. The van der Waals surface area contributed by atoms with Crippen molar-refractivity contribution in [2.24, 2.45) is 0 Å². The molecule has 0 saturated carbocycles. The normalized spacial score (nSPS) is 18.5. The molecule has 0 atom stereocenters. The first kappa shape index (κ1) is 18.7. The second-order valence-electron chi connectivity index (χ2n) is 6.87. The monoisotopic (exact) mass is 390 g/mol. The molecule has 4 rings (SSSR count). The zero-order valence-electron chi connectivity index (χ0n) is 15.4. The van der Waals surface area contributed by atoms with Crippen molar-refractivity contribution in [2.45, 2.75) is 25.6 Å². The van der Waals surface area contributed by atoms with Gasteiger partial charge < -0.3 is 19.7 Å². The third kappa shape index (κ3) is 3.81. The molecule has 2 aromatic rings. The van der Waals surface area contributed by atoms with Gasteiger partial charge in [-0.3, -0.25) is 4.79 Å². The van der Waals surface area contributed by atoms with Crippen LogP contribution in [0.5, 0.6) is 0 Å². The van der Waals surface area contributed by atoms with E-state index in [9.17, 15) is 13.6 Å². The number of hydrogen-bond acceptors (Lipinski definition) is 6. The van der Waals surface area contributed by atoms with Crippen LogP contribution in [-0.4, -0.2) is 48.0 Å². The first-order valence-electron chi connectivity index (χ1n) is 9.09. The lowest BCUT2D eigenvalue weighted by atomic mass is 10.0. The lowest BCUT2D eigenvalue weighted by Crippen LogP contribution is -2.45. The standard InChI is InChI=1S/C19H20F2N4O3/c1-12-10-16(17(26)23-13-2-3-14(20)15(21)11-13)24-18(22-12)25-6-4-19(5-7-25)27-8-9-28-19/h2-3,10-11H,4-9H2,1H3,(H,23,26). The van der Waals surface area contributed by atoms with Gasteiger partial charge in [0.2, 0.25) is 5.95 Å². The number of nitrogens with one attached hydrogen (secondary N) is 1. The number of aryl methyl sites for hydroxylation is 1. The van der Waals surface area contributed by atoms with E-state index in [1.165, 1.54) is 6.07 Å². The number of hydrogen-bond donors (Lipinski definition) is 1. The Morgan fingerprint density at radius 3 is 2.50 bits per heavy atom. The summed E-state index contributed by atoms with van der Waals surface area (Å²) in [6.07, 6.45) is 1.39. The molecule has 1 aromatic heterocycles. The molecule has 0 unspecified atom stereocenters. The van der Waals surface area contributed by atoms with Crippen molar-refractivity contribution >= 4 is 17.5 Å². The Morgan fingerprint density at radius 1 is 1.11 bits per heavy atom. The highest BCUT2D eigenvalue weighted by atomic mass is 19.2. The predicted octanol–water partition coefficient (Wildman–Crippen LogP) is 2.66. The van der Waals surface area contributed by atoms with Crippen molar-refractivity contribution in [3.8, 4) is 0 Å². The third-order valence-corrected chi connectivity index (χ3v) is 4.87. The lowest BCUT2D eigenvalue weighted by molar-refractivity contribution is -0.169. The number of piperidine rings is 1. The number of nitrogens with zero attached hydrogens (tertiary/aromatic N) is 3. The van der Waals surface area contributed by atoms with E-state index < -0.39 is 23.3 Å². The number of amides is 1. The molecule has 1 N–H and O–H groups in total. The van der Waals surface area contributed by atoms with Crippen LogP contribution in [0.1, 0.15) is 29.0 Å². The highest BCUT2D eigenvalue weighted by molar-refractivity contribution is 6.03. The molecular formula is C19H20F2N4O3. The summed E-state index contributed by atoms with van der Waals surface area (Å²) in [5.41, 5.74) is 0.937. The number of anilines is 2. The van der Waals surface area contributed by atoms with E-state index in [2.05, 4.69) is 15.3 Å². The number of aromatic nitrogens is 2. The lowest BCUT2D eigenvalue weighted by Gasteiger charge is -2.37. The minimum absolute atomic E-state index is 0.150. The van der Waals surface area contributed by atoms with Crippen LogP contribution in [0.4, 0.5) is 20.4 Å². The molecule has 9 heteroatoms. The summed E-state index contributed by atoms with van der Waals surface area (Å²) in [6, 6.07) is 4.72. The maximum absolute atomic E-state index is 13.3. The largest absolute Gasteiger partial charge is 0.347 e. The van der Waals surface area contributed by atoms with Crippen LogP contribution in [0.15, 0.2) is 24.3 Å². The van der Waals surface area contributed by atoms with E-state index in [0.29, 0.717) is 50.8 Å². The van der Waals surface area contributed by atoms with Gasteiger partial charge in [0.05, 0.1) is 13.2 Å². The quantitative estimate of drug-likeness (QED) is 0.868. The Kier molecular flexibility index (Phi) is 4.94. The maximum Gasteiger partial charge on any atom is 0.274 e. The number of rotatable bonds is 3. The van der Waals surface area contributed by atoms with Crippen molar-refractivity contribution < 1.29 is 23.0 Å². The second kappa shape index (κ2) is 7.40.